The van der Waals surface area contributed by atoms with Crippen molar-refractivity contribution in [1.29, 1.82) is 5.41 Å². The molecule has 1 saturated heterocycles. The van der Waals surface area contributed by atoms with Gasteiger partial charge in [-0.15, -0.1) is 11.8 Å². The van der Waals surface area contributed by atoms with Gasteiger partial charge in [0.05, 0.1) is 5.56 Å². The Balaban J connectivity index is 2.22. The van der Waals surface area contributed by atoms with Gasteiger partial charge in [0, 0.05) is 30.2 Å². The monoisotopic (exact) mass is 306 g/mol. The average molecular weight is 306 g/mol. The Morgan fingerprint density at radius 2 is 2.29 bits per heavy atom. The van der Waals surface area contributed by atoms with Crippen molar-refractivity contribution >= 4 is 23.3 Å². The van der Waals surface area contributed by atoms with Crippen LogP contribution < -0.4 is 10.6 Å². The maximum atomic E-state index is 7.90. The van der Waals surface area contributed by atoms with Crippen molar-refractivity contribution in [1.82, 2.24) is 4.90 Å². The molecule has 0 amide bonds. The number of hydrogen-bond donors (Lipinski definition) is 2. The Morgan fingerprint density at radius 1 is 1.52 bits per heavy atom. The highest BCUT2D eigenvalue weighted by Crippen LogP contribution is 2.30. The van der Waals surface area contributed by atoms with Crippen LogP contribution in [-0.2, 0) is 0 Å². The number of hydrogen-bond acceptors (Lipinski definition) is 4. The highest BCUT2D eigenvalue weighted by molar-refractivity contribution is 7.98. The Hall–Kier alpha value is -1.20. The third-order valence-electron chi connectivity index (χ3n) is 4.29. The summed E-state index contributed by atoms with van der Waals surface area (Å²) < 4.78 is 0. The van der Waals surface area contributed by atoms with Crippen LogP contribution in [0.15, 0.2) is 23.1 Å². The molecule has 0 aliphatic carbocycles. The van der Waals surface area contributed by atoms with Crippen LogP contribution in [0.25, 0.3) is 0 Å². The molecule has 0 spiro atoms. The van der Waals surface area contributed by atoms with Crippen LogP contribution in [0.3, 0.4) is 0 Å². The Bertz CT molecular complexity index is 503. The van der Waals surface area contributed by atoms with Crippen molar-refractivity contribution in [2.24, 2.45) is 5.73 Å². The first-order valence-electron chi connectivity index (χ1n) is 7.55. The number of nitrogens with two attached hydrogens (primary N) is 1. The molecule has 0 bridgehead atoms. The fourth-order valence-corrected chi connectivity index (χ4v) is 3.84. The molecule has 1 aromatic carbocycles. The second kappa shape index (κ2) is 7.18. The van der Waals surface area contributed by atoms with Gasteiger partial charge >= 0.3 is 0 Å². The highest BCUT2D eigenvalue weighted by Gasteiger charge is 2.25. The first-order valence-corrected chi connectivity index (χ1v) is 8.77. The minimum atomic E-state index is 0.153. The molecular weight excluding hydrogens is 280 g/mol. The number of benzene rings is 1. The van der Waals surface area contributed by atoms with Crippen LogP contribution in [0.5, 0.6) is 0 Å². The molecule has 116 valence electrons. The summed E-state index contributed by atoms with van der Waals surface area (Å²) in [6.07, 6.45) is 4.58. The molecule has 0 aromatic heterocycles. The predicted molar refractivity (Wildman–Crippen MR) is 92.8 cm³/mol. The molecule has 0 radical (unpaired) electrons. The van der Waals surface area contributed by atoms with E-state index in [1.165, 1.54) is 19.4 Å². The lowest BCUT2D eigenvalue weighted by Crippen LogP contribution is -2.39. The highest BCUT2D eigenvalue weighted by atomic mass is 32.2. The predicted octanol–water partition coefficient (Wildman–Crippen LogP) is 2.61. The van der Waals surface area contributed by atoms with Crippen LogP contribution in [0, 0.1) is 5.41 Å². The van der Waals surface area contributed by atoms with Gasteiger partial charge in [0.2, 0.25) is 0 Å². The van der Waals surface area contributed by atoms with Gasteiger partial charge in [0.15, 0.2) is 0 Å². The summed E-state index contributed by atoms with van der Waals surface area (Å²) in [6, 6.07) is 6.77. The number of nitrogens with one attached hydrogen (secondary N) is 1. The lowest BCUT2D eigenvalue weighted by atomic mass is 10.1. The fourth-order valence-electron chi connectivity index (χ4n) is 3.21. The van der Waals surface area contributed by atoms with Crippen LogP contribution >= 0.6 is 11.8 Å². The third-order valence-corrected chi connectivity index (χ3v) is 5.07. The molecule has 1 aromatic rings. The topological polar surface area (TPSA) is 56.4 Å². The van der Waals surface area contributed by atoms with E-state index in [4.69, 9.17) is 11.1 Å². The summed E-state index contributed by atoms with van der Waals surface area (Å²) in [7, 11) is 2.11. The summed E-state index contributed by atoms with van der Waals surface area (Å²) in [5.74, 6) is 0.153. The third kappa shape index (κ3) is 3.52. The van der Waals surface area contributed by atoms with Crippen LogP contribution in [0.2, 0.25) is 0 Å². The number of likely N-dealkylation sites (N-methyl/N-ethyl adjacent to an activating group) is 2. The van der Waals surface area contributed by atoms with Gasteiger partial charge in [-0.2, -0.15) is 0 Å². The molecule has 1 heterocycles. The number of amidine groups is 1. The van der Waals surface area contributed by atoms with Crippen LogP contribution in [-0.4, -0.2) is 49.7 Å². The van der Waals surface area contributed by atoms with E-state index < -0.39 is 0 Å². The molecule has 5 heteroatoms. The summed E-state index contributed by atoms with van der Waals surface area (Å²) in [6.45, 7) is 5.54. The van der Waals surface area contributed by atoms with Crippen molar-refractivity contribution < 1.29 is 0 Å². The van der Waals surface area contributed by atoms with Gasteiger partial charge in [-0.1, -0.05) is 13.0 Å². The maximum Gasteiger partial charge on any atom is 0.126 e. The van der Waals surface area contributed by atoms with Crippen molar-refractivity contribution in [3.63, 3.8) is 0 Å². The largest absolute Gasteiger partial charge is 0.384 e. The smallest absolute Gasteiger partial charge is 0.126 e. The lowest BCUT2D eigenvalue weighted by Gasteiger charge is -2.30. The fraction of sp³-hybridized carbons (Fsp3) is 0.562. The van der Waals surface area contributed by atoms with Crippen molar-refractivity contribution in [2.45, 2.75) is 30.7 Å². The average Bonchev–Trinajstić information content (AvgIpc) is 2.93. The number of nitrogen functional groups attached to an aromatic ring is 1. The number of anilines is 1. The molecule has 3 N–H and O–H groups in total. The van der Waals surface area contributed by atoms with E-state index in [0.717, 1.165) is 29.2 Å². The SMILES string of the molecule is CCN1CCCC1CN(C)c1cccc(SC)c1C(=N)N. The molecule has 1 fully saturated rings. The van der Waals surface area contributed by atoms with Gasteiger partial charge in [-0.05, 0) is 44.3 Å². The minimum absolute atomic E-state index is 0.153. The maximum absolute atomic E-state index is 7.90. The number of nitrogens with zero attached hydrogens (tertiary/aromatic N) is 2. The first kappa shape index (κ1) is 16.2. The van der Waals surface area contributed by atoms with E-state index in [2.05, 4.69) is 35.9 Å². The zero-order valence-electron chi connectivity index (χ0n) is 13.2. The van der Waals surface area contributed by atoms with E-state index in [-0.39, 0.29) is 5.84 Å². The van der Waals surface area contributed by atoms with E-state index >= 15 is 0 Å². The molecule has 2 rings (SSSR count). The molecule has 1 aliphatic rings. The minimum Gasteiger partial charge on any atom is -0.384 e. The number of rotatable bonds is 6. The summed E-state index contributed by atoms with van der Waals surface area (Å²) >= 11 is 1.65. The molecule has 4 nitrogen and oxygen atoms in total. The van der Waals surface area contributed by atoms with Crippen molar-refractivity contribution in [3.8, 4) is 0 Å². The summed E-state index contributed by atoms with van der Waals surface area (Å²) in [5.41, 5.74) is 7.76. The standard InChI is InChI=1S/C16H26N4S/c1-4-20-10-6-7-12(20)11-19(2)13-8-5-9-14(21-3)15(13)16(17)18/h5,8-9,12H,4,6-7,10-11H2,1-3H3,(H3,17,18). The van der Waals surface area contributed by atoms with Crippen molar-refractivity contribution in [3.05, 3.63) is 23.8 Å². The van der Waals surface area contributed by atoms with Crippen LogP contribution in [0.1, 0.15) is 25.3 Å². The Morgan fingerprint density at radius 3 is 2.90 bits per heavy atom. The van der Waals surface area contributed by atoms with Crippen LogP contribution in [0.4, 0.5) is 5.69 Å². The van der Waals surface area contributed by atoms with E-state index in [1.54, 1.807) is 11.8 Å². The van der Waals surface area contributed by atoms with Gasteiger partial charge in [-0.25, -0.2) is 0 Å². The quantitative estimate of drug-likeness (QED) is 0.482. The molecule has 1 atom stereocenters. The Kier molecular flexibility index (Phi) is 5.53. The number of thioether (sulfide) groups is 1. The van der Waals surface area contributed by atoms with Gasteiger partial charge < -0.3 is 10.6 Å². The first-order chi connectivity index (χ1) is 10.1. The van der Waals surface area contributed by atoms with Gasteiger partial charge in [0.25, 0.3) is 0 Å². The number of likely N-dealkylation sites (tertiary alicyclic amines) is 1. The molecule has 0 saturated carbocycles. The summed E-state index contributed by atoms with van der Waals surface area (Å²) in [5, 5.41) is 7.90. The molecule has 21 heavy (non-hydrogen) atoms. The Labute approximate surface area is 132 Å². The van der Waals surface area contributed by atoms with E-state index in [1.807, 2.05) is 12.3 Å². The zero-order valence-corrected chi connectivity index (χ0v) is 14.0. The van der Waals surface area contributed by atoms with E-state index in [9.17, 15) is 0 Å². The second-order valence-corrected chi connectivity index (χ2v) is 6.42. The normalized spacial score (nSPS) is 18.9. The summed E-state index contributed by atoms with van der Waals surface area (Å²) in [4.78, 5) is 5.88. The zero-order chi connectivity index (χ0) is 15.4. The van der Waals surface area contributed by atoms with Gasteiger partial charge in [-0.3, -0.25) is 10.3 Å². The molecular formula is C16H26N4S. The second-order valence-electron chi connectivity index (χ2n) is 5.57. The molecule has 1 unspecified atom stereocenters. The van der Waals surface area contributed by atoms with Crippen molar-refractivity contribution in [2.75, 3.05) is 37.8 Å². The lowest BCUT2D eigenvalue weighted by molar-refractivity contribution is 0.270. The van der Waals surface area contributed by atoms with Gasteiger partial charge in [0.1, 0.15) is 5.84 Å². The molecule has 1 aliphatic heterocycles. The van der Waals surface area contributed by atoms with E-state index in [0.29, 0.717) is 6.04 Å².